The van der Waals surface area contributed by atoms with Gasteiger partial charge in [-0.15, -0.1) is 0 Å². The maximum atomic E-state index is 12.3. The molecule has 0 aromatic rings. The average Bonchev–Trinajstić information content (AvgIpc) is 2.46. The Hall–Kier alpha value is -0.610. The number of carbonyl (C=O) groups is 1. The fourth-order valence-electron chi connectivity index (χ4n) is 3.14. The molecular formula is C16H31N3O. The molecule has 2 heterocycles. The summed E-state index contributed by atoms with van der Waals surface area (Å²) in [5, 5.41) is 3.40. The molecule has 4 nitrogen and oxygen atoms in total. The Morgan fingerprint density at radius 1 is 1.25 bits per heavy atom. The molecule has 1 N–H and O–H groups in total. The van der Waals surface area contributed by atoms with Crippen LogP contribution in [-0.4, -0.2) is 61.5 Å². The molecule has 0 aromatic carbocycles. The molecular weight excluding hydrogens is 250 g/mol. The van der Waals surface area contributed by atoms with E-state index < -0.39 is 0 Å². The Kier molecular flexibility index (Phi) is 6.30. The third kappa shape index (κ3) is 5.06. The minimum atomic E-state index is 0.377. The van der Waals surface area contributed by atoms with Crippen LogP contribution in [0.4, 0.5) is 0 Å². The van der Waals surface area contributed by atoms with E-state index in [2.05, 4.69) is 29.0 Å². The lowest BCUT2D eigenvalue weighted by atomic mass is 9.95. The van der Waals surface area contributed by atoms with E-state index in [0.717, 1.165) is 51.6 Å². The molecule has 2 aliphatic rings. The highest BCUT2D eigenvalue weighted by molar-refractivity contribution is 5.76. The first-order valence-corrected chi connectivity index (χ1v) is 8.36. The number of amides is 1. The molecule has 0 spiro atoms. The second-order valence-electron chi connectivity index (χ2n) is 6.82. The van der Waals surface area contributed by atoms with E-state index in [4.69, 9.17) is 0 Å². The van der Waals surface area contributed by atoms with E-state index in [1.165, 1.54) is 25.8 Å². The second kappa shape index (κ2) is 7.99. The fraction of sp³-hybridized carbons (Fsp3) is 0.938. The van der Waals surface area contributed by atoms with Gasteiger partial charge in [-0.1, -0.05) is 13.8 Å². The number of hydrogen-bond acceptors (Lipinski definition) is 3. The van der Waals surface area contributed by atoms with E-state index >= 15 is 0 Å². The molecule has 2 saturated heterocycles. The molecule has 116 valence electrons. The van der Waals surface area contributed by atoms with Crippen molar-refractivity contribution in [3.8, 4) is 0 Å². The normalized spacial score (nSPS) is 25.1. The van der Waals surface area contributed by atoms with E-state index in [1.54, 1.807) is 0 Å². The lowest BCUT2D eigenvalue weighted by molar-refractivity contribution is -0.134. The zero-order valence-corrected chi connectivity index (χ0v) is 13.2. The minimum absolute atomic E-state index is 0.377. The molecule has 2 fully saturated rings. The lowest BCUT2D eigenvalue weighted by Gasteiger charge is -2.36. The molecule has 0 bridgehead atoms. The van der Waals surface area contributed by atoms with Gasteiger partial charge in [0.15, 0.2) is 0 Å². The number of nitrogens with zero attached hydrogens (tertiary/aromatic N) is 2. The summed E-state index contributed by atoms with van der Waals surface area (Å²) >= 11 is 0. The van der Waals surface area contributed by atoms with Gasteiger partial charge in [0, 0.05) is 32.6 Å². The Morgan fingerprint density at radius 2 is 2.00 bits per heavy atom. The van der Waals surface area contributed by atoms with Crippen LogP contribution in [0.2, 0.25) is 0 Å². The van der Waals surface area contributed by atoms with Crippen molar-refractivity contribution in [1.82, 2.24) is 15.1 Å². The first-order valence-electron chi connectivity index (χ1n) is 8.36. The lowest BCUT2D eigenvalue weighted by Crippen LogP contribution is -2.49. The van der Waals surface area contributed by atoms with Crippen LogP contribution in [0, 0.1) is 11.8 Å². The van der Waals surface area contributed by atoms with Crippen molar-refractivity contribution in [3.63, 3.8) is 0 Å². The van der Waals surface area contributed by atoms with E-state index in [-0.39, 0.29) is 0 Å². The predicted molar refractivity (Wildman–Crippen MR) is 82.7 cm³/mol. The van der Waals surface area contributed by atoms with Crippen molar-refractivity contribution < 1.29 is 4.79 Å². The average molecular weight is 281 g/mol. The van der Waals surface area contributed by atoms with Gasteiger partial charge in [0.05, 0.1) is 0 Å². The van der Waals surface area contributed by atoms with Crippen molar-refractivity contribution in [2.45, 2.75) is 39.5 Å². The summed E-state index contributed by atoms with van der Waals surface area (Å²) in [7, 11) is 0. The molecule has 1 atom stereocenters. The minimum Gasteiger partial charge on any atom is -0.340 e. The summed E-state index contributed by atoms with van der Waals surface area (Å²) in [5.74, 6) is 1.71. The summed E-state index contributed by atoms with van der Waals surface area (Å²) in [6.45, 7) is 11.9. The number of nitrogens with one attached hydrogen (secondary N) is 1. The van der Waals surface area contributed by atoms with Crippen LogP contribution in [-0.2, 0) is 4.79 Å². The van der Waals surface area contributed by atoms with Gasteiger partial charge >= 0.3 is 0 Å². The third-order valence-electron chi connectivity index (χ3n) is 4.61. The Bertz CT molecular complexity index is 292. The predicted octanol–water partition coefficient (Wildman–Crippen LogP) is 1.57. The maximum absolute atomic E-state index is 12.3. The van der Waals surface area contributed by atoms with Crippen LogP contribution in [0.1, 0.15) is 39.5 Å². The number of piperazine rings is 1. The molecule has 1 amide bonds. The van der Waals surface area contributed by atoms with Crippen LogP contribution in [0.3, 0.4) is 0 Å². The van der Waals surface area contributed by atoms with E-state index in [1.807, 2.05) is 0 Å². The molecule has 2 aliphatic heterocycles. The van der Waals surface area contributed by atoms with Gasteiger partial charge in [0.25, 0.3) is 0 Å². The van der Waals surface area contributed by atoms with Gasteiger partial charge in [-0.25, -0.2) is 0 Å². The van der Waals surface area contributed by atoms with Crippen molar-refractivity contribution in [2.75, 3.05) is 45.8 Å². The Labute approximate surface area is 123 Å². The highest BCUT2D eigenvalue weighted by atomic mass is 16.2. The van der Waals surface area contributed by atoms with Crippen molar-refractivity contribution in [1.29, 1.82) is 0 Å². The van der Waals surface area contributed by atoms with Gasteiger partial charge in [-0.3, -0.25) is 9.69 Å². The second-order valence-corrected chi connectivity index (χ2v) is 6.82. The summed E-state index contributed by atoms with van der Waals surface area (Å²) in [4.78, 5) is 16.9. The van der Waals surface area contributed by atoms with Crippen LogP contribution >= 0.6 is 0 Å². The fourth-order valence-corrected chi connectivity index (χ4v) is 3.14. The topological polar surface area (TPSA) is 35.6 Å². The monoisotopic (exact) mass is 281 g/mol. The number of hydrogen-bond donors (Lipinski definition) is 1. The quantitative estimate of drug-likeness (QED) is 0.831. The van der Waals surface area contributed by atoms with Crippen LogP contribution in [0.25, 0.3) is 0 Å². The highest BCUT2D eigenvalue weighted by Crippen LogP contribution is 2.16. The summed E-state index contributed by atoms with van der Waals surface area (Å²) < 4.78 is 0. The van der Waals surface area contributed by atoms with Gasteiger partial charge in [0.2, 0.25) is 5.91 Å². The van der Waals surface area contributed by atoms with Gasteiger partial charge in [-0.2, -0.15) is 0 Å². The maximum Gasteiger partial charge on any atom is 0.222 e. The summed E-state index contributed by atoms with van der Waals surface area (Å²) in [5.41, 5.74) is 0. The van der Waals surface area contributed by atoms with Gasteiger partial charge in [-0.05, 0) is 50.7 Å². The molecule has 4 heteroatoms. The molecule has 20 heavy (non-hydrogen) atoms. The third-order valence-corrected chi connectivity index (χ3v) is 4.61. The molecule has 2 rings (SSSR count). The standard InChI is InChI=1S/C16H31N3O/c1-14(2)5-7-18-8-10-19(11-9-18)16(20)12-15-4-3-6-17-13-15/h14-15,17H,3-13H2,1-2H3. The number of rotatable bonds is 5. The molecule has 1 unspecified atom stereocenters. The van der Waals surface area contributed by atoms with E-state index in [9.17, 15) is 4.79 Å². The summed E-state index contributed by atoms with van der Waals surface area (Å²) in [6, 6.07) is 0. The Morgan fingerprint density at radius 3 is 2.60 bits per heavy atom. The largest absolute Gasteiger partial charge is 0.340 e. The molecule has 0 saturated carbocycles. The molecule has 0 aromatic heterocycles. The number of piperidine rings is 1. The smallest absolute Gasteiger partial charge is 0.222 e. The van der Waals surface area contributed by atoms with Crippen LogP contribution in [0.5, 0.6) is 0 Å². The zero-order chi connectivity index (χ0) is 14.4. The van der Waals surface area contributed by atoms with Crippen molar-refractivity contribution in [3.05, 3.63) is 0 Å². The first kappa shape index (κ1) is 15.8. The highest BCUT2D eigenvalue weighted by Gasteiger charge is 2.24. The SMILES string of the molecule is CC(C)CCN1CCN(C(=O)CC2CCCNC2)CC1. The molecule has 0 radical (unpaired) electrons. The summed E-state index contributed by atoms with van der Waals surface area (Å²) in [6.07, 6.45) is 4.45. The number of carbonyl (C=O) groups excluding carboxylic acids is 1. The van der Waals surface area contributed by atoms with Crippen LogP contribution < -0.4 is 5.32 Å². The zero-order valence-electron chi connectivity index (χ0n) is 13.2. The van der Waals surface area contributed by atoms with Crippen molar-refractivity contribution >= 4 is 5.91 Å². The van der Waals surface area contributed by atoms with Gasteiger partial charge in [0.1, 0.15) is 0 Å². The van der Waals surface area contributed by atoms with Crippen molar-refractivity contribution in [2.24, 2.45) is 11.8 Å². The first-order chi connectivity index (χ1) is 9.65. The van der Waals surface area contributed by atoms with Gasteiger partial charge < -0.3 is 10.2 Å². The van der Waals surface area contributed by atoms with Crippen LogP contribution in [0.15, 0.2) is 0 Å². The van der Waals surface area contributed by atoms with E-state index in [0.29, 0.717) is 11.8 Å². The Balaban J connectivity index is 1.66. The molecule has 0 aliphatic carbocycles.